The lowest BCUT2D eigenvalue weighted by Gasteiger charge is -2.27. The molecule has 0 saturated carbocycles. The number of rotatable bonds is 11. The third-order valence-electron chi connectivity index (χ3n) is 6.78. The number of amides is 1. The number of carbonyl (C=O) groups is 1. The van der Waals surface area contributed by atoms with E-state index < -0.39 is 18.9 Å². The molecule has 174 valence electrons. The lowest BCUT2D eigenvalue weighted by Crippen LogP contribution is -2.37. The molecule has 6 heteroatoms. The zero-order valence-electron chi connectivity index (χ0n) is 18.7. The molecule has 4 N–H and O–H groups in total. The number of nitrogens with one attached hydrogen (secondary N) is 2. The van der Waals surface area contributed by atoms with Gasteiger partial charge < -0.3 is 20.8 Å². The highest BCUT2D eigenvalue weighted by Crippen LogP contribution is 2.39. The van der Waals surface area contributed by atoms with Crippen molar-refractivity contribution in [1.29, 1.82) is 0 Å². The summed E-state index contributed by atoms with van der Waals surface area (Å²) in [5.74, 6) is -0.0657. The van der Waals surface area contributed by atoms with Gasteiger partial charge in [-0.05, 0) is 48.6 Å². The minimum absolute atomic E-state index is 0.0176. The van der Waals surface area contributed by atoms with Gasteiger partial charge in [0.15, 0.2) is 0 Å². The van der Waals surface area contributed by atoms with Crippen LogP contribution in [-0.4, -0.2) is 41.9 Å². The molecule has 2 aromatic rings. The van der Waals surface area contributed by atoms with Gasteiger partial charge in [-0.2, -0.15) is 0 Å². The van der Waals surface area contributed by atoms with Crippen LogP contribution in [0.25, 0.3) is 0 Å². The average Bonchev–Trinajstić information content (AvgIpc) is 3.17. The lowest BCUT2D eigenvalue weighted by molar-refractivity contribution is -0.121. The van der Waals surface area contributed by atoms with E-state index in [0.717, 1.165) is 11.1 Å². The summed E-state index contributed by atoms with van der Waals surface area (Å²) in [5, 5.41) is 27.3. The first kappa shape index (κ1) is 24.4. The van der Waals surface area contributed by atoms with Crippen LogP contribution in [0, 0.1) is 11.8 Å². The van der Waals surface area contributed by atoms with Crippen LogP contribution in [0.2, 0.25) is 0 Å². The Bertz CT molecular complexity index is 820. The lowest BCUT2D eigenvalue weighted by atomic mass is 9.78. The van der Waals surface area contributed by atoms with Crippen LogP contribution in [0.3, 0.4) is 0 Å². The fourth-order valence-electron chi connectivity index (χ4n) is 5.00. The molecule has 3 rings (SSSR count). The zero-order valence-corrected chi connectivity index (χ0v) is 18.7. The van der Waals surface area contributed by atoms with Crippen LogP contribution < -0.4 is 10.6 Å². The van der Waals surface area contributed by atoms with Crippen LogP contribution in [0.15, 0.2) is 60.7 Å². The van der Waals surface area contributed by atoms with Gasteiger partial charge in [0.1, 0.15) is 6.67 Å². The Kier molecular flexibility index (Phi) is 9.21. The summed E-state index contributed by atoms with van der Waals surface area (Å²) in [6, 6.07) is 18.5. The summed E-state index contributed by atoms with van der Waals surface area (Å²) in [5.41, 5.74) is 1.72. The van der Waals surface area contributed by atoms with Gasteiger partial charge in [0.2, 0.25) is 5.91 Å². The predicted molar refractivity (Wildman–Crippen MR) is 124 cm³/mol. The smallest absolute Gasteiger partial charge is 0.221 e. The number of alkyl halides is 1. The summed E-state index contributed by atoms with van der Waals surface area (Å²) >= 11 is 0. The average molecular weight is 443 g/mol. The first-order valence-corrected chi connectivity index (χ1v) is 11.5. The van der Waals surface area contributed by atoms with E-state index >= 15 is 0 Å². The molecule has 1 aliphatic heterocycles. The highest BCUT2D eigenvalue weighted by Gasteiger charge is 2.43. The third-order valence-corrected chi connectivity index (χ3v) is 6.78. The maximum absolute atomic E-state index is 14.0. The normalized spacial score (nSPS) is 24.8. The Morgan fingerprint density at radius 1 is 0.906 bits per heavy atom. The molecule has 2 unspecified atom stereocenters. The van der Waals surface area contributed by atoms with Gasteiger partial charge in [-0.25, -0.2) is 4.39 Å². The number of hydrogen-bond acceptors (Lipinski definition) is 4. The van der Waals surface area contributed by atoms with Crippen molar-refractivity contribution in [3.63, 3.8) is 0 Å². The highest BCUT2D eigenvalue weighted by atomic mass is 19.1. The topological polar surface area (TPSA) is 81.6 Å². The monoisotopic (exact) mass is 442 g/mol. The second-order valence-electron chi connectivity index (χ2n) is 8.75. The third kappa shape index (κ3) is 6.37. The van der Waals surface area contributed by atoms with Crippen molar-refractivity contribution in [2.24, 2.45) is 11.8 Å². The first-order chi connectivity index (χ1) is 15.5. The van der Waals surface area contributed by atoms with Crippen molar-refractivity contribution in [3.05, 3.63) is 71.8 Å². The summed E-state index contributed by atoms with van der Waals surface area (Å²) in [4.78, 5) is 12.1. The molecule has 0 radical (unpaired) electrons. The van der Waals surface area contributed by atoms with Crippen LogP contribution in [0.1, 0.15) is 55.4 Å². The maximum Gasteiger partial charge on any atom is 0.221 e. The van der Waals surface area contributed by atoms with Crippen LogP contribution in [0.4, 0.5) is 4.39 Å². The Balaban J connectivity index is 1.70. The number of carbonyl (C=O) groups excluding carboxylic acids is 1. The molecule has 1 amide bonds. The predicted octanol–water partition coefficient (Wildman–Crippen LogP) is 3.69. The Morgan fingerprint density at radius 2 is 1.38 bits per heavy atom. The Labute approximate surface area is 190 Å². The van der Waals surface area contributed by atoms with E-state index in [0.29, 0.717) is 25.7 Å². The van der Waals surface area contributed by atoms with Gasteiger partial charge in [0.05, 0.1) is 12.2 Å². The molecular weight excluding hydrogens is 407 g/mol. The van der Waals surface area contributed by atoms with E-state index in [1.54, 1.807) is 7.05 Å². The number of benzene rings is 2. The van der Waals surface area contributed by atoms with Crippen molar-refractivity contribution in [2.45, 2.75) is 56.4 Å². The van der Waals surface area contributed by atoms with Crippen LogP contribution >= 0.6 is 0 Å². The van der Waals surface area contributed by atoms with E-state index in [1.807, 2.05) is 60.7 Å². The molecule has 0 spiro atoms. The molecule has 5 nitrogen and oxygen atoms in total. The number of aliphatic hydroxyl groups excluding tert-OH is 2. The molecule has 1 saturated heterocycles. The number of hydrogen-bond donors (Lipinski definition) is 4. The fraction of sp³-hybridized carbons (Fsp3) is 0.500. The summed E-state index contributed by atoms with van der Waals surface area (Å²) < 4.78 is 14.0. The van der Waals surface area contributed by atoms with E-state index in [-0.39, 0.29) is 36.2 Å². The van der Waals surface area contributed by atoms with Crippen molar-refractivity contribution < 1.29 is 19.4 Å². The highest BCUT2D eigenvalue weighted by molar-refractivity contribution is 5.76. The summed E-state index contributed by atoms with van der Waals surface area (Å²) in [6.45, 7) is -0.520. The van der Waals surface area contributed by atoms with Gasteiger partial charge >= 0.3 is 0 Å². The summed E-state index contributed by atoms with van der Waals surface area (Å²) in [7, 11) is 1.60. The Hall–Kier alpha value is -2.28. The quantitative estimate of drug-likeness (QED) is 0.428. The molecular formula is C26H35FN2O3. The second-order valence-corrected chi connectivity index (χ2v) is 8.75. The summed E-state index contributed by atoms with van der Waals surface area (Å²) in [6.07, 6.45) is 1.45. The SMILES string of the molecule is CNC(=O)C[C@H]1N[C@H](CF)[C@H](CCC(O)c2ccccc2)[C@H]1CCC(O)c1ccccc1. The zero-order chi connectivity index (χ0) is 22.9. The van der Waals surface area contributed by atoms with E-state index in [9.17, 15) is 19.4 Å². The molecule has 1 fully saturated rings. The largest absolute Gasteiger partial charge is 0.388 e. The maximum atomic E-state index is 14.0. The second kappa shape index (κ2) is 12.1. The molecule has 0 aromatic heterocycles. The van der Waals surface area contributed by atoms with Crippen LogP contribution in [-0.2, 0) is 4.79 Å². The van der Waals surface area contributed by atoms with Gasteiger partial charge in [-0.3, -0.25) is 4.79 Å². The van der Waals surface area contributed by atoms with Gasteiger partial charge in [0.25, 0.3) is 0 Å². The molecule has 2 aromatic carbocycles. The van der Waals surface area contributed by atoms with Crippen molar-refractivity contribution in [2.75, 3.05) is 13.7 Å². The molecule has 1 aliphatic rings. The van der Waals surface area contributed by atoms with Gasteiger partial charge in [-0.1, -0.05) is 60.7 Å². The van der Waals surface area contributed by atoms with Gasteiger partial charge in [0, 0.05) is 25.6 Å². The van der Waals surface area contributed by atoms with Crippen LogP contribution in [0.5, 0.6) is 0 Å². The molecule has 6 atom stereocenters. The molecule has 0 bridgehead atoms. The van der Waals surface area contributed by atoms with E-state index in [1.165, 1.54) is 0 Å². The van der Waals surface area contributed by atoms with E-state index in [2.05, 4.69) is 10.6 Å². The van der Waals surface area contributed by atoms with E-state index in [4.69, 9.17) is 0 Å². The van der Waals surface area contributed by atoms with Crippen molar-refractivity contribution in [3.8, 4) is 0 Å². The number of aliphatic hydroxyl groups is 2. The van der Waals surface area contributed by atoms with Gasteiger partial charge in [-0.15, -0.1) is 0 Å². The molecule has 32 heavy (non-hydrogen) atoms. The molecule has 1 heterocycles. The number of halogens is 1. The Morgan fingerprint density at radius 3 is 1.81 bits per heavy atom. The minimum Gasteiger partial charge on any atom is -0.388 e. The standard InChI is InChI=1S/C26H35FN2O3/c1-28-26(32)16-22-20(12-14-24(30)18-8-4-2-5-9-18)21(23(17-27)29-22)13-15-25(31)19-10-6-3-7-11-19/h2-11,20-25,29-31H,12-17H2,1H3,(H,28,32)/t20-,21-,22-,23-,24?,25?/m1/s1. The fourth-order valence-corrected chi connectivity index (χ4v) is 5.00. The van der Waals surface area contributed by atoms with Crippen molar-refractivity contribution in [1.82, 2.24) is 10.6 Å². The molecule has 0 aliphatic carbocycles. The minimum atomic E-state index is -0.606. The first-order valence-electron chi connectivity index (χ1n) is 11.5. The van der Waals surface area contributed by atoms with Crippen molar-refractivity contribution >= 4 is 5.91 Å².